The van der Waals surface area contributed by atoms with Crippen LogP contribution in [-0.4, -0.2) is 32.5 Å². The van der Waals surface area contributed by atoms with Crippen molar-refractivity contribution in [3.05, 3.63) is 46.9 Å². The molecule has 4 rings (SSSR count). The average molecular weight is 299 g/mol. The van der Waals surface area contributed by atoms with Gasteiger partial charge in [-0.25, -0.2) is 14.8 Å². The summed E-state index contributed by atoms with van der Waals surface area (Å²) < 4.78 is 5.32. The second-order valence-electron chi connectivity index (χ2n) is 6.01. The number of aromatic nitrogens is 2. The largest absolute Gasteiger partial charge is 0.475 e. The van der Waals surface area contributed by atoms with E-state index in [0.29, 0.717) is 18.2 Å². The molecule has 22 heavy (non-hydrogen) atoms. The highest BCUT2D eigenvalue weighted by Crippen LogP contribution is 2.38. The Morgan fingerprint density at radius 1 is 1.41 bits per heavy atom. The standard InChI is InChI=1S/C16H17N3O3/c20-16(21)14-4-3-12(22-14)9-19-6-5-13-11(8-19)7-17-15(18-13)10-1-2-10/h3-4,7,10H,1-2,5-6,8-9H2,(H,20,21). The Kier molecular flexibility index (Phi) is 3.18. The number of rotatable bonds is 4. The number of aromatic carboxylic acids is 1. The normalized spacial score (nSPS) is 18.2. The zero-order valence-corrected chi connectivity index (χ0v) is 12.2. The lowest BCUT2D eigenvalue weighted by molar-refractivity contribution is 0.0658. The zero-order chi connectivity index (χ0) is 15.1. The molecule has 1 N–H and O–H groups in total. The van der Waals surface area contributed by atoms with Gasteiger partial charge in [-0.05, 0) is 25.0 Å². The molecule has 1 fully saturated rings. The van der Waals surface area contributed by atoms with E-state index >= 15 is 0 Å². The van der Waals surface area contributed by atoms with Crippen LogP contribution in [0.1, 0.15) is 52.2 Å². The molecule has 0 radical (unpaired) electrons. The number of carboxylic acids is 1. The van der Waals surface area contributed by atoms with E-state index in [1.807, 2.05) is 6.20 Å². The van der Waals surface area contributed by atoms with Crippen LogP contribution in [0.5, 0.6) is 0 Å². The van der Waals surface area contributed by atoms with Crippen molar-refractivity contribution in [3.63, 3.8) is 0 Å². The van der Waals surface area contributed by atoms with Crippen LogP contribution in [0.15, 0.2) is 22.7 Å². The number of carboxylic acid groups (broad SMARTS) is 1. The summed E-state index contributed by atoms with van der Waals surface area (Å²) in [5, 5.41) is 8.89. The lowest BCUT2D eigenvalue weighted by atomic mass is 10.1. The molecule has 1 aliphatic heterocycles. The summed E-state index contributed by atoms with van der Waals surface area (Å²) in [4.78, 5) is 22.3. The Hall–Kier alpha value is -2.21. The summed E-state index contributed by atoms with van der Waals surface area (Å²) in [7, 11) is 0. The van der Waals surface area contributed by atoms with E-state index in [-0.39, 0.29) is 5.76 Å². The van der Waals surface area contributed by atoms with Crippen LogP contribution in [0.4, 0.5) is 0 Å². The first-order chi connectivity index (χ1) is 10.7. The Balaban J connectivity index is 1.45. The molecule has 2 aromatic heterocycles. The van der Waals surface area contributed by atoms with Gasteiger partial charge in [-0.3, -0.25) is 4.90 Å². The van der Waals surface area contributed by atoms with Crippen LogP contribution in [0.2, 0.25) is 0 Å². The molecule has 1 aliphatic carbocycles. The van der Waals surface area contributed by atoms with Crippen LogP contribution >= 0.6 is 0 Å². The summed E-state index contributed by atoms with van der Waals surface area (Å²) in [5.41, 5.74) is 2.33. The van der Waals surface area contributed by atoms with Crippen LogP contribution in [0.25, 0.3) is 0 Å². The van der Waals surface area contributed by atoms with Crippen molar-refractivity contribution in [3.8, 4) is 0 Å². The highest BCUT2D eigenvalue weighted by atomic mass is 16.4. The number of fused-ring (bicyclic) bond motifs is 1. The van der Waals surface area contributed by atoms with Gasteiger partial charge >= 0.3 is 5.97 Å². The van der Waals surface area contributed by atoms with E-state index < -0.39 is 5.97 Å². The van der Waals surface area contributed by atoms with Crippen molar-refractivity contribution in [2.75, 3.05) is 6.54 Å². The lowest BCUT2D eigenvalue weighted by Crippen LogP contribution is -2.31. The molecule has 6 nitrogen and oxygen atoms in total. The number of hydrogen-bond donors (Lipinski definition) is 1. The SMILES string of the molecule is O=C(O)c1ccc(CN2CCc3nc(C4CC4)ncc3C2)o1. The van der Waals surface area contributed by atoms with Crippen molar-refractivity contribution in [2.45, 2.75) is 38.3 Å². The van der Waals surface area contributed by atoms with Crippen LogP contribution in [-0.2, 0) is 19.5 Å². The minimum atomic E-state index is -1.03. The molecule has 114 valence electrons. The van der Waals surface area contributed by atoms with Gasteiger partial charge in [0.1, 0.15) is 11.6 Å². The maximum absolute atomic E-state index is 10.8. The topological polar surface area (TPSA) is 79.5 Å². The quantitative estimate of drug-likeness (QED) is 0.932. The van der Waals surface area contributed by atoms with Crippen molar-refractivity contribution in [2.24, 2.45) is 0 Å². The molecular weight excluding hydrogens is 282 g/mol. The first-order valence-corrected chi connectivity index (χ1v) is 7.58. The van der Waals surface area contributed by atoms with E-state index in [9.17, 15) is 4.79 Å². The molecule has 0 aromatic carbocycles. The molecule has 2 aliphatic rings. The fourth-order valence-electron chi connectivity index (χ4n) is 2.86. The molecule has 0 atom stereocenters. The first kappa shape index (κ1) is 13.5. The fraction of sp³-hybridized carbons (Fsp3) is 0.438. The van der Waals surface area contributed by atoms with Gasteiger partial charge in [-0.15, -0.1) is 0 Å². The predicted molar refractivity (Wildman–Crippen MR) is 77.5 cm³/mol. The molecular formula is C16H17N3O3. The van der Waals surface area contributed by atoms with Crippen LogP contribution < -0.4 is 0 Å². The van der Waals surface area contributed by atoms with Crippen molar-refractivity contribution < 1.29 is 14.3 Å². The van der Waals surface area contributed by atoms with Crippen LogP contribution in [0.3, 0.4) is 0 Å². The van der Waals surface area contributed by atoms with E-state index in [0.717, 1.165) is 25.3 Å². The predicted octanol–water partition coefficient (Wildman–Crippen LogP) is 2.20. The maximum Gasteiger partial charge on any atom is 0.371 e. The molecule has 0 saturated heterocycles. The summed E-state index contributed by atoms with van der Waals surface area (Å²) in [6.45, 7) is 2.29. The number of carbonyl (C=O) groups is 1. The average Bonchev–Trinajstić information content (AvgIpc) is 3.26. The van der Waals surface area contributed by atoms with E-state index in [1.165, 1.54) is 30.2 Å². The first-order valence-electron chi connectivity index (χ1n) is 7.58. The monoisotopic (exact) mass is 299 g/mol. The molecule has 0 unspecified atom stereocenters. The van der Waals surface area contributed by atoms with E-state index in [1.54, 1.807) is 6.07 Å². The highest BCUT2D eigenvalue weighted by molar-refractivity contribution is 5.84. The molecule has 2 aromatic rings. The Bertz CT molecular complexity index is 721. The second-order valence-corrected chi connectivity index (χ2v) is 6.01. The minimum absolute atomic E-state index is 0.00943. The van der Waals surface area contributed by atoms with Gasteiger partial charge in [-0.2, -0.15) is 0 Å². The minimum Gasteiger partial charge on any atom is -0.475 e. The van der Waals surface area contributed by atoms with Crippen molar-refractivity contribution in [1.82, 2.24) is 14.9 Å². The van der Waals surface area contributed by atoms with Gasteiger partial charge in [0.05, 0.1) is 6.54 Å². The molecule has 0 amide bonds. The number of furan rings is 1. The van der Waals surface area contributed by atoms with Crippen LogP contribution in [0, 0.1) is 0 Å². The van der Waals surface area contributed by atoms with Gasteiger partial charge in [0, 0.05) is 42.9 Å². The Morgan fingerprint density at radius 2 is 2.27 bits per heavy atom. The molecule has 6 heteroatoms. The second kappa shape index (κ2) is 5.21. The zero-order valence-electron chi connectivity index (χ0n) is 12.2. The molecule has 3 heterocycles. The Labute approximate surface area is 127 Å². The third kappa shape index (κ3) is 2.62. The molecule has 0 spiro atoms. The summed E-state index contributed by atoms with van der Waals surface area (Å²) in [6, 6.07) is 3.23. The Morgan fingerprint density at radius 3 is 3.00 bits per heavy atom. The third-order valence-corrected chi connectivity index (χ3v) is 4.23. The lowest BCUT2D eigenvalue weighted by Gasteiger charge is -2.27. The number of nitrogens with zero attached hydrogens (tertiary/aromatic N) is 3. The van der Waals surface area contributed by atoms with Crippen molar-refractivity contribution in [1.29, 1.82) is 0 Å². The number of hydrogen-bond acceptors (Lipinski definition) is 5. The molecule has 1 saturated carbocycles. The molecule has 0 bridgehead atoms. The third-order valence-electron chi connectivity index (χ3n) is 4.23. The summed E-state index contributed by atoms with van der Waals surface area (Å²) in [5.74, 6) is 1.22. The highest BCUT2D eigenvalue weighted by Gasteiger charge is 2.28. The van der Waals surface area contributed by atoms with E-state index in [2.05, 4.69) is 9.88 Å². The maximum atomic E-state index is 10.8. The van der Waals surface area contributed by atoms with Gasteiger partial charge < -0.3 is 9.52 Å². The van der Waals surface area contributed by atoms with Gasteiger partial charge in [0.2, 0.25) is 5.76 Å². The van der Waals surface area contributed by atoms with E-state index in [4.69, 9.17) is 14.5 Å². The fourth-order valence-corrected chi connectivity index (χ4v) is 2.86. The van der Waals surface area contributed by atoms with Gasteiger partial charge in [0.25, 0.3) is 0 Å². The van der Waals surface area contributed by atoms with Gasteiger partial charge in [-0.1, -0.05) is 0 Å². The van der Waals surface area contributed by atoms with Crippen molar-refractivity contribution >= 4 is 5.97 Å². The smallest absolute Gasteiger partial charge is 0.371 e. The summed E-state index contributed by atoms with van der Waals surface area (Å²) >= 11 is 0. The summed E-state index contributed by atoms with van der Waals surface area (Å²) in [6.07, 6.45) is 5.29. The van der Waals surface area contributed by atoms with Gasteiger partial charge in [0.15, 0.2) is 0 Å².